The van der Waals surface area contributed by atoms with Gasteiger partial charge < -0.3 is 5.11 Å². The molecule has 0 atom stereocenters. The fourth-order valence-electron chi connectivity index (χ4n) is 1.59. The Kier molecular flexibility index (Phi) is 2.74. The molecule has 1 N–H and O–H groups in total. The molecule has 0 amide bonds. The first-order valence-electron chi connectivity index (χ1n) is 4.95. The van der Waals surface area contributed by atoms with E-state index in [1.807, 2.05) is 4.68 Å². The molecule has 2 rings (SSSR count). The number of nitrogens with zero attached hydrogens (tertiary/aromatic N) is 5. The van der Waals surface area contributed by atoms with Crippen molar-refractivity contribution >= 4 is 0 Å². The van der Waals surface area contributed by atoms with Crippen LogP contribution in [-0.4, -0.2) is 49.4 Å². The average Bonchev–Trinajstić information content (AvgIpc) is 2.51. The van der Waals surface area contributed by atoms with Crippen molar-refractivity contribution in [2.45, 2.75) is 32.5 Å². The highest BCUT2D eigenvalue weighted by molar-refractivity contribution is 4.87. The SMILES string of the molecule is CCCn1nnnc1CN1CC(O)C1. The normalized spacial score (nSPS) is 18.4. The second kappa shape index (κ2) is 4.02. The molecule has 1 aliphatic rings. The summed E-state index contributed by atoms with van der Waals surface area (Å²) in [6.07, 6.45) is 0.867. The molecule has 78 valence electrons. The number of aromatic nitrogens is 4. The molecule has 2 heterocycles. The largest absolute Gasteiger partial charge is 0.390 e. The topological polar surface area (TPSA) is 67.1 Å². The van der Waals surface area contributed by atoms with Crippen LogP contribution in [0.3, 0.4) is 0 Å². The molecule has 1 aromatic rings. The molecule has 1 aliphatic heterocycles. The molecule has 1 saturated heterocycles. The van der Waals surface area contributed by atoms with Gasteiger partial charge in [-0.25, -0.2) is 4.68 Å². The summed E-state index contributed by atoms with van der Waals surface area (Å²) < 4.78 is 1.82. The van der Waals surface area contributed by atoms with Crippen LogP contribution in [0, 0.1) is 0 Å². The van der Waals surface area contributed by atoms with Crippen molar-refractivity contribution in [1.29, 1.82) is 0 Å². The van der Waals surface area contributed by atoms with Crippen molar-refractivity contribution in [3.8, 4) is 0 Å². The lowest BCUT2D eigenvalue weighted by molar-refractivity contribution is -0.00505. The summed E-state index contributed by atoms with van der Waals surface area (Å²) >= 11 is 0. The van der Waals surface area contributed by atoms with Gasteiger partial charge in [-0.1, -0.05) is 6.92 Å². The molecule has 0 bridgehead atoms. The number of likely N-dealkylation sites (tertiary alicyclic amines) is 1. The van der Waals surface area contributed by atoms with Crippen molar-refractivity contribution in [3.63, 3.8) is 0 Å². The van der Waals surface area contributed by atoms with Crippen molar-refractivity contribution < 1.29 is 5.11 Å². The van der Waals surface area contributed by atoms with Gasteiger partial charge in [0, 0.05) is 19.6 Å². The van der Waals surface area contributed by atoms with Crippen LogP contribution in [-0.2, 0) is 13.1 Å². The zero-order valence-corrected chi connectivity index (χ0v) is 8.30. The summed E-state index contributed by atoms with van der Waals surface area (Å²) in [6, 6.07) is 0. The van der Waals surface area contributed by atoms with Crippen LogP contribution in [0.15, 0.2) is 0 Å². The number of hydrogen-bond donors (Lipinski definition) is 1. The van der Waals surface area contributed by atoms with Gasteiger partial charge in [0.25, 0.3) is 0 Å². The number of rotatable bonds is 4. The van der Waals surface area contributed by atoms with E-state index in [4.69, 9.17) is 5.11 Å². The summed E-state index contributed by atoms with van der Waals surface area (Å²) in [5, 5.41) is 20.6. The van der Waals surface area contributed by atoms with E-state index in [0.717, 1.165) is 38.4 Å². The standard InChI is InChI=1S/C8H15N5O/c1-2-3-13-8(9-10-11-13)6-12-4-7(14)5-12/h7,14H,2-6H2,1H3. The number of aliphatic hydroxyl groups is 1. The molecule has 1 fully saturated rings. The highest BCUT2D eigenvalue weighted by Gasteiger charge is 2.25. The smallest absolute Gasteiger partial charge is 0.165 e. The lowest BCUT2D eigenvalue weighted by Crippen LogP contribution is -2.50. The Morgan fingerprint density at radius 2 is 2.29 bits per heavy atom. The molecule has 0 unspecified atom stereocenters. The van der Waals surface area contributed by atoms with Crippen LogP contribution in [0.1, 0.15) is 19.2 Å². The fraction of sp³-hybridized carbons (Fsp3) is 0.875. The van der Waals surface area contributed by atoms with E-state index < -0.39 is 0 Å². The third-order valence-corrected chi connectivity index (χ3v) is 2.34. The number of tetrazole rings is 1. The van der Waals surface area contributed by atoms with E-state index in [0.29, 0.717) is 0 Å². The maximum absolute atomic E-state index is 9.12. The molecule has 0 saturated carbocycles. The maximum Gasteiger partial charge on any atom is 0.165 e. The van der Waals surface area contributed by atoms with E-state index in [2.05, 4.69) is 27.3 Å². The Balaban J connectivity index is 1.91. The molecule has 0 radical (unpaired) electrons. The third-order valence-electron chi connectivity index (χ3n) is 2.34. The molecule has 0 aromatic carbocycles. The van der Waals surface area contributed by atoms with Gasteiger partial charge in [-0.2, -0.15) is 0 Å². The highest BCUT2D eigenvalue weighted by atomic mass is 16.3. The Bertz CT molecular complexity index is 294. The number of β-amino-alcohol motifs (C(OH)–C–C–N with tert-alkyl or cyclic N) is 1. The van der Waals surface area contributed by atoms with Crippen molar-refractivity contribution in [3.05, 3.63) is 5.82 Å². The fourth-order valence-corrected chi connectivity index (χ4v) is 1.59. The molecule has 14 heavy (non-hydrogen) atoms. The minimum Gasteiger partial charge on any atom is -0.390 e. The lowest BCUT2D eigenvalue weighted by atomic mass is 10.2. The highest BCUT2D eigenvalue weighted by Crippen LogP contribution is 2.10. The van der Waals surface area contributed by atoms with E-state index in [9.17, 15) is 0 Å². The van der Waals surface area contributed by atoms with Crippen LogP contribution in [0.2, 0.25) is 0 Å². The number of aliphatic hydroxyl groups excluding tert-OH is 1. The van der Waals surface area contributed by atoms with E-state index in [1.165, 1.54) is 0 Å². The zero-order valence-electron chi connectivity index (χ0n) is 8.30. The Morgan fingerprint density at radius 3 is 2.93 bits per heavy atom. The van der Waals surface area contributed by atoms with E-state index in [-0.39, 0.29) is 6.10 Å². The van der Waals surface area contributed by atoms with Gasteiger partial charge in [0.2, 0.25) is 0 Å². The van der Waals surface area contributed by atoms with Gasteiger partial charge >= 0.3 is 0 Å². The first-order valence-corrected chi connectivity index (χ1v) is 4.95. The minimum atomic E-state index is -0.162. The zero-order chi connectivity index (χ0) is 9.97. The predicted octanol–water partition coefficient (Wildman–Crippen LogP) is -0.740. The number of hydrogen-bond acceptors (Lipinski definition) is 5. The van der Waals surface area contributed by atoms with E-state index in [1.54, 1.807) is 0 Å². The van der Waals surface area contributed by atoms with Crippen molar-refractivity contribution in [2.75, 3.05) is 13.1 Å². The van der Waals surface area contributed by atoms with Gasteiger partial charge in [0.15, 0.2) is 5.82 Å². The average molecular weight is 197 g/mol. The monoisotopic (exact) mass is 197 g/mol. The van der Waals surface area contributed by atoms with Gasteiger partial charge in [0.1, 0.15) is 0 Å². The van der Waals surface area contributed by atoms with Gasteiger partial charge in [-0.05, 0) is 16.8 Å². The third kappa shape index (κ3) is 1.91. The van der Waals surface area contributed by atoms with Crippen LogP contribution in [0.4, 0.5) is 0 Å². The Labute approximate surface area is 82.5 Å². The minimum absolute atomic E-state index is 0.162. The van der Waals surface area contributed by atoms with Crippen LogP contribution in [0.5, 0.6) is 0 Å². The quantitative estimate of drug-likeness (QED) is 0.688. The van der Waals surface area contributed by atoms with E-state index >= 15 is 0 Å². The maximum atomic E-state index is 9.12. The van der Waals surface area contributed by atoms with Crippen LogP contribution < -0.4 is 0 Å². The summed E-state index contributed by atoms with van der Waals surface area (Å²) in [7, 11) is 0. The number of aryl methyl sites for hydroxylation is 1. The molecule has 0 aliphatic carbocycles. The van der Waals surface area contributed by atoms with Crippen LogP contribution in [0.25, 0.3) is 0 Å². The molecule has 1 aromatic heterocycles. The molecular formula is C8H15N5O. The molecule has 6 nitrogen and oxygen atoms in total. The summed E-state index contributed by atoms with van der Waals surface area (Å²) in [5.74, 6) is 0.888. The summed E-state index contributed by atoms with van der Waals surface area (Å²) in [5.41, 5.74) is 0. The lowest BCUT2D eigenvalue weighted by Gasteiger charge is -2.35. The van der Waals surface area contributed by atoms with Gasteiger partial charge in [0.05, 0.1) is 12.6 Å². The summed E-state index contributed by atoms with van der Waals surface area (Å²) in [6.45, 7) is 5.17. The second-order valence-electron chi connectivity index (χ2n) is 3.67. The van der Waals surface area contributed by atoms with Crippen molar-refractivity contribution in [1.82, 2.24) is 25.1 Å². The van der Waals surface area contributed by atoms with Crippen molar-refractivity contribution in [2.24, 2.45) is 0 Å². The van der Waals surface area contributed by atoms with Gasteiger partial charge in [-0.3, -0.25) is 4.90 Å². The molecule has 0 spiro atoms. The van der Waals surface area contributed by atoms with Gasteiger partial charge in [-0.15, -0.1) is 5.10 Å². The molecular weight excluding hydrogens is 182 g/mol. The first kappa shape index (κ1) is 9.54. The second-order valence-corrected chi connectivity index (χ2v) is 3.67. The summed E-state index contributed by atoms with van der Waals surface area (Å²) in [4.78, 5) is 2.13. The first-order chi connectivity index (χ1) is 6.79. The molecule has 6 heteroatoms. The van der Waals surface area contributed by atoms with Crippen LogP contribution >= 0.6 is 0 Å². The Morgan fingerprint density at radius 1 is 1.50 bits per heavy atom. The predicted molar refractivity (Wildman–Crippen MR) is 49.4 cm³/mol. The Hall–Kier alpha value is -1.01.